The molecule has 0 saturated carbocycles. The number of anilines is 2. The normalized spacial score (nSPS) is 13.7. The van der Waals surface area contributed by atoms with Gasteiger partial charge in [-0.15, -0.1) is 0 Å². The molecular formula is C35H27Cu2N7O7S. The van der Waals surface area contributed by atoms with Crippen molar-refractivity contribution in [3.8, 4) is 28.4 Å². The summed E-state index contributed by atoms with van der Waals surface area (Å²) in [4.78, 5) is -0.579. The second kappa shape index (κ2) is 15.1. The van der Waals surface area contributed by atoms with Gasteiger partial charge in [-0.1, -0.05) is 70.0 Å². The van der Waals surface area contributed by atoms with E-state index in [0.717, 1.165) is 11.6 Å². The average molecular weight is 817 g/mol. The predicted octanol–water partition coefficient (Wildman–Crippen LogP) is 3.53. The molecule has 272 valence electrons. The second-order valence-corrected chi connectivity index (χ2v) is 12.9. The van der Waals surface area contributed by atoms with Gasteiger partial charge in [-0.2, -0.15) is 15.3 Å². The number of nitrogens with zero attached hydrogens (tertiary/aromatic N) is 6. The Labute approximate surface area is 319 Å². The van der Waals surface area contributed by atoms with Gasteiger partial charge in [-0.3, -0.25) is 5.01 Å². The topological polar surface area (TPSA) is 231 Å². The van der Waals surface area contributed by atoms with Crippen LogP contribution in [0.5, 0.6) is 17.2 Å². The Morgan fingerprint density at radius 1 is 0.788 bits per heavy atom. The second-order valence-electron chi connectivity index (χ2n) is 11.6. The summed E-state index contributed by atoms with van der Waals surface area (Å²) in [5.74, 6) is -2.16. The third kappa shape index (κ3) is 7.50. The van der Waals surface area contributed by atoms with Crippen LogP contribution in [0.15, 0.2) is 104 Å². The number of nitrogens with two attached hydrogens (primary N) is 1. The summed E-state index contributed by atoms with van der Waals surface area (Å²) in [6.07, 6.45) is 0. The Hall–Kier alpha value is -5.28. The largest absolute Gasteiger partial charge is 2.00 e. The monoisotopic (exact) mass is 815 g/mol. The first kappa shape index (κ1) is 39.5. The van der Waals surface area contributed by atoms with Crippen molar-refractivity contribution in [1.82, 2.24) is 0 Å². The minimum Gasteiger partial charge on any atom is -0.871 e. The fraction of sp³-hybridized carbons (Fsp3) is 0.114. The Kier molecular flexibility index (Phi) is 11.5. The van der Waals surface area contributed by atoms with Crippen LogP contribution in [0.1, 0.15) is 18.1 Å². The van der Waals surface area contributed by atoms with Crippen LogP contribution in [0.2, 0.25) is 0 Å². The molecule has 14 nitrogen and oxygen atoms in total. The molecule has 1 aliphatic rings. The summed E-state index contributed by atoms with van der Waals surface area (Å²) in [5, 5.41) is 69.8. The molecule has 0 atom stereocenters. The molecule has 0 aliphatic carbocycles. The molecule has 5 aromatic carbocycles. The summed E-state index contributed by atoms with van der Waals surface area (Å²) in [6, 6.07) is 19.5. The number of rotatable bonds is 7. The summed E-state index contributed by atoms with van der Waals surface area (Å²) < 4.78 is 36.6. The quantitative estimate of drug-likeness (QED) is 0.0632. The smallest absolute Gasteiger partial charge is 0.871 e. The maximum atomic E-state index is 13.2. The number of hydrogen-bond acceptors (Lipinski definition) is 13. The van der Waals surface area contributed by atoms with Crippen LogP contribution in [0.3, 0.4) is 0 Å². The fourth-order valence-corrected chi connectivity index (χ4v) is 6.16. The first-order chi connectivity index (χ1) is 23.6. The molecule has 0 aromatic heterocycles. The third-order valence-corrected chi connectivity index (χ3v) is 8.97. The van der Waals surface area contributed by atoms with Crippen LogP contribution in [0.25, 0.3) is 21.9 Å². The predicted molar refractivity (Wildman–Crippen MR) is 181 cm³/mol. The van der Waals surface area contributed by atoms with E-state index in [1.165, 1.54) is 60.1 Å². The molecule has 5 aromatic rings. The minimum atomic E-state index is -4.90. The summed E-state index contributed by atoms with van der Waals surface area (Å²) in [7, 11) is -3.36. The van der Waals surface area contributed by atoms with E-state index in [-0.39, 0.29) is 78.9 Å². The number of benzene rings is 5. The van der Waals surface area contributed by atoms with Gasteiger partial charge in [0.05, 0.1) is 22.0 Å². The van der Waals surface area contributed by atoms with Crippen molar-refractivity contribution in [1.29, 1.82) is 0 Å². The van der Waals surface area contributed by atoms with E-state index in [4.69, 9.17) is 5.73 Å². The average Bonchev–Trinajstić information content (AvgIpc) is 3.34. The van der Waals surface area contributed by atoms with Crippen LogP contribution in [-0.2, 0) is 44.3 Å². The molecule has 2 N–H and O–H groups in total. The Morgan fingerprint density at radius 2 is 1.38 bits per heavy atom. The molecule has 0 unspecified atom stereocenters. The maximum absolute atomic E-state index is 13.2. The van der Waals surface area contributed by atoms with Crippen molar-refractivity contribution in [3.63, 3.8) is 0 Å². The summed E-state index contributed by atoms with van der Waals surface area (Å²) in [5.41, 5.74) is 9.06. The van der Waals surface area contributed by atoms with E-state index in [9.17, 15) is 33.4 Å². The zero-order chi connectivity index (χ0) is 36.1. The zero-order valence-electron chi connectivity index (χ0n) is 27.6. The van der Waals surface area contributed by atoms with E-state index in [1.54, 1.807) is 31.2 Å². The molecular weight excluding hydrogens is 790 g/mol. The van der Waals surface area contributed by atoms with Crippen molar-refractivity contribution in [2.24, 2.45) is 20.4 Å². The first-order valence-corrected chi connectivity index (χ1v) is 16.4. The molecule has 0 spiro atoms. The molecule has 17 heteroatoms. The van der Waals surface area contributed by atoms with Gasteiger partial charge in [-0.05, 0) is 61.7 Å². The molecule has 1 heterocycles. The van der Waals surface area contributed by atoms with Crippen LogP contribution >= 0.6 is 0 Å². The number of nitrogen functional groups attached to an aromatic ring is 1. The summed E-state index contributed by atoms with van der Waals surface area (Å²) >= 11 is 0. The van der Waals surface area contributed by atoms with Crippen LogP contribution in [-0.4, -0.2) is 42.0 Å². The molecule has 2 radical (unpaired) electrons. The van der Waals surface area contributed by atoms with Gasteiger partial charge in [0.2, 0.25) is 11.6 Å². The van der Waals surface area contributed by atoms with Gasteiger partial charge in [0.25, 0.3) is 0 Å². The molecule has 0 fully saturated rings. The Balaban J connectivity index is 0.00000302. The maximum Gasteiger partial charge on any atom is 2.00 e. The van der Waals surface area contributed by atoms with Crippen molar-refractivity contribution >= 4 is 66.6 Å². The molecule has 6 rings (SSSR count). The van der Waals surface area contributed by atoms with Gasteiger partial charge in [0.15, 0.2) is 5.71 Å². The Bertz CT molecular complexity index is 2470. The first-order valence-electron chi connectivity index (χ1n) is 15.0. The van der Waals surface area contributed by atoms with Crippen molar-refractivity contribution in [2.75, 3.05) is 17.8 Å². The van der Waals surface area contributed by atoms with Gasteiger partial charge in [-0.25, -0.2) is 8.42 Å². The van der Waals surface area contributed by atoms with E-state index < -0.39 is 38.2 Å². The minimum absolute atomic E-state index is 0. The van der Waals surface area contributed by atoms with Crippen molar-refractivity contribution in [2.45, 2.75) is 25.7 Å². The number of fused-ring (bicyclic) bond motifs is 1. The number of hydrazone groups is 2. The van der Waals surface area contributed by atoms with E-state index in [0.29, 0.717) is 22.5 Å². The number of aryl methyl sites for hydroxylation is 2. The van der Waals surface area contributed by atoms with Crippen molar-refractivity contribution in [3.05, 3.63) is 90.0 Å². The van der Waals surface area contributed by atoms with Crippen LogP contribution in [0.4, 0.5) is 28.4 Å². The van der Waals surface area contributed by atoms with Crippen molar-refractivity contribution < 1.29 is 72.2 Å². The van der Waals surface area contributed by atoms with E-state index in [1.807, 2.05) is 19.1 Å². The van der Waals surface area contributed by atoms with Crippen LogP contribution < -0.4 is 31.2 Å². The fourth-order valence-electron chi connectivity index (χ4n) is 5.40. The van der Waals surface area contributed by atoms with Gasteiger partial charge < -0.3 is 30.7 Å². The molecule has 52 heavy (non-hydrogen) atoms. The molecule has 0 saturated heterocycles. The molecule has 0 amide bonds. The third-order valence-electron chi connectivity index (χ3n) is 8.10. The van der Waals surface area contributed by atoms with Gasteiger partial charge >= 0.3 is 34.1 Å². The van der Waals surface area contributed by atoms with E-state index >= 15 is 0 Å². The van der Waals surface area contributed by atoms with Crippen LogP contribution in [0, 0.1) is 13.8 Å². The Morgan fingerprint density at radius 3 is 2.00 bits per heavy atom. The van der Waals surface area contributed by atoms with Gasteiger partial charge in [0, 0.05) is 40.7 Å². The zero-order valence-corrected chi connectivity index (χ0v) is 30.3. The standard InChI is InChI=1S/C35H31N7O7S.2Cu/c1-18-5-9-23(10-6-18)42-35(46)33(20(3)39-42)40-41(4)27-14-8-22(17-29(27)44)21-7-12-25(28(43)16-21)37-38-26-13-11-24-30(50(47,48)49)15-19(2)32(36)31(24)34(26)45;;/h5-17H,1-4H3,(H6,36,37,38,39,40,43,44,45,46,47,48,49);;/q;2*+2/p-4. The number of hydrogen-bond donors (Lipinski definition) is 1. The number of azo groups is 1. The van der Waals surface area contributed by atoms with E-state index in [2.05, 4.69) is 20.4 Å². The SMILES string of the molecule is CC1=N[N+](c2ccc(C)cc2)=C([O-])/C1=N/N(C)c1ccc(-c2ccc(N=Nc3ccc4c(S(=O)(=O)[O-])cc(C)c(N)c4c3[O-])c([O-])c2)cc1[O-].[Cu+2].[Cu+2]. The molecule has 1 aliphatic heterocycles. The summed E-state index contributed by atoms with van der Waals surface area (Å²) in [6.45, 7) is 5.06. The van der Waals surface area contributed by atoms with Gasteiger partial charge in [0.1, 0.15) is 15.8 Å². The molecule has 0 bridgehead atoms.